The van der Waals surface area contributed by atoms with E-state index in [1.165, 1.54) is 6.33 Å². The Balaban J connectivity index is 1.31. The number of ether oxygens (including phenoxy) is 1. The fourth-order valence-corrected chi connectivity index (χ4v) is 5.49. The smallest absolute Gasteiger partial charge is 0.275 e. The largest absolute Gasteiger partial charge is 0.497 e. The Bertz CT molecular complexity index is 1360. The molecule has 1 N–H and O–H groups in total. The van der Waals surface area contributed by atoms with Gasteiger partial charge in [0.25, 0.3) is 11.8 Å². The molecule has 2 aliphatic heterocycles. The number of nitrogens with zero attached hydrogens (tertiary/aromatic N) is 5. The molecule has 1 saturated heterocycles. The summed E-state index contributed by atoms with van der Waals surface area (Å²) >= 11 is 0. The number of amides is 3. The molecular formula is C30H36N6O4. The van der Waals surface area contributed by atoms with Gasteiger partial charge in [-0.25, -0.2) is 4.98 Å². The minimum absolute atomic E-state index is 0.153. The molecule has 1 fully saturated rings. The van der Waals surface area contributed by atoms with Gasteiger partial charge in [0, 0.05) is 45.0 Å². The van der Waals surface area contributed by atoms with Gasteiger partial charge in [-0.3, -0.25) is 14.4 Å². The molecule has 0 spiro atoms. The van der Waals surface area contributed by atoms with E-state index in [2.05, 4.69) is 27.3 Å². The first kappa shape index (κ1) is 27.2. The number of imidazole rings is 1. The van der Waals surface area contributed by atoms with Gasteiger partial charge in [-0.15, -0.1) is 0 Å². The topological polar surface area (TPSA) is 100 Å². The maximum Gasteiger partial charge on any atom is 0.275 e. The second-order valence-corrected chi connectivity index (χ2v) is 10.4. The Morgan fingerprint density at radius 1 is 1.02 bits per heavy atom. The number of methoxy groups -OCH3 is 1. The standard InChI is InChI=1S/C30H36N6O4/c1-4-14-36-28(38)26-25(27(37)34-17-15-33(16-18-34)23-8-6-5-7-9-23)32-21-35(26)20-30(36,2)29(39)31-19-22-10-12-24(40-3)13-11-22/h5-13,21H,4,14-20H2,1-3H3,(H,31,39). The van der Waals surface area contributed by atoms with E-state index < -0.39 is 5.54 Å². The number of hydrogen-bond acceptors (Lipinski definition) is 6. The lowest BCUT2D eigenvalue weighted by Gasteiger charge is -2.44. The number of para-hydroxylation sites is 1. The molecule has 10 heteroatoms. The molecule has 1 aromatic heterocycles. The first-order valence-electron chi connectivity index (χ1n) is 13.7. The Morgan fingerprint density at radius 3 is 2.38 bits per heavy atom. The van der Waals surface area contributed by atoms with Crippen LogP contribution in [0.5, 0.6) is 5.75 Å². The summed E-state index contributed by atoms with van der Waals surface area (Å²) in [4.78, 5) is 51.0. The van der Waals surface area contributed by atoms with Crippen molar-refractivity contribution in [3.8, 4) is 5.75 Å². The number of piperazine rings is 1. The third-order valence-electron chi connectivity index (χ3n) is 7.80. The molecule has 1 atom stereocenters. The number of fused-ring (bicyclic) bond motifs is 1. The fourth-order valence-electron chi connectivity index (χ4n) is 5.49. The number of rotatable bonds is 8. The van der Waals surface area contributed by atoms with E-state index in [1.807, 2.05) is 49.4 Å². The van der Waals surface area contributed by atoms with Gasteiger partial charge in [-0.05, 0) is 43.2 Å². The SMILES string of the molecule is CCCN1C(=O)c2c(C(=O)N3CCN(c4ccccc4)CC3)ncn2CC1(C)C(=O)NCc1ccc(OC)cc1. The van der Waals surface area contributed by atoms with Crippen LogP contribution in [0.4, 0.5) is 5.69 Å². The number of carbonyl (C=O) groups is 3. The molecule has 0 bridgehead atoms. The Labute approximate surface area is 234 Å². The lowest BCUT2D eigenvalue weighted by atomic mass is 9.93. The van der Waals surface area contributed by atoms with Crippen molar-refractivity contribution in [2.45, 2.75) is 38.9 Å². The Kier molecular flexibility index (Phi) is 7.77. The lowest BCUT2D eigenvalue weighted by Crippen LogP contribution is -2.64. The number of nitrogens with one attached hydrogen (secondary N) is 1. The molecule has 3 aromatic rings. The van der Waals surface area contributed by atoms with Crippen LogP contribution in [0.25, 0.3) is 0 Å². The zero-order valence-electron chi connectivity index (χ0n) is 23.3. The molecular weight excluding hydrogens is 508 g/mol. The van der Waals surface area contributed by atoms with Crippen molar-refractivity contribution in [2.75, 3.05) is 44.7 Å². The van der Waals surface area contributed by atoms with Crippen molar-refractivity contribution in [1.82, 2.24) is 24.7 Å². The van der Waals surface area contributed by atoms with E-state index in [1.54, 1.807) is 28.4 Å². The minimum atomic E-state index is -1.13. The van der Waals surface area contributed by atoms with E-state index in [9.17, 15) is 14.4 Å². The maximum absolute atomic E-state index is 13.9. The van der Waals surface area contributed by atoms with Crippen molar-refractivity contribution in [3.63, 3.8) is 0 Å². The van der Waals surface area contributed by atoms with E-state index in [-0.39, 0.29) is 35.7 Å². The molecule has 10 nitrogen and oxygen atoms in total. The van der Waals surface area contributed by atoms with Gasteiger partial charge in [-0.1, -0.05) is 37.3 Å². The van der Waals surface area contributed by atoms with Crippen LogP contribution < -0.4 is 15.0 Å². The quantitative estimate of drug-likeness (QED) is 0.468. The van der Waals surface area contributed by atoms with Crippen LogP contribution in [0.2, 0.25) is 0 Å². The molecule has 0 saturated carbocycles. The van der Waals surface area contributed by atoms with E-state index in [0.717, 1.165) is 17.0 Å². The summed E-state index contributed by atoms with van der Waals surface area (Å²) in [5.41, 5.74) is 1.33. The number of carbonyl (C=O) groups excluding carboxylic acids is 3. The van der Waals surface area contributed by atoms with Gasteiger partial charge >= 0.3 is 0 Å². The number of aromatic nitrogens is 2. The second-order valence-electron chi connectivity index (χ2n) is 10.4. The molecule has 210 valence electrons. The van der Waals surface area contributed by atoms with E-state index in [4.69, 9.17) is 4.74 Å². The molecule has 3 amide bonds. The zero-order chi connectivity index (χ0) is 28.3. The van der Waals surface area contributed by atoms with E-state index >= 15 is 0 Å². The van der Waals surface area contributed by atoms with Crippen molar-refractivity contribution in [1.29, 1.82) is 0 Å². The average molecular weight is 545 g/mol. The Morgan fingerprint density at radius 2 is 1.73 bits per heavy atom. The summed E-state index contributed by atoms with van der Waals surface area (Å²) in [6.45, 7) is 7.15. The first-order valence-corrected chi connectivity index (χ1v) is 13.7. The molecule has 1 unspecified atom stereocenters. The molecule has 0 aliphatic carbocycles. The monoisotopic (exact) mass is 544 g/mol. The molecule has 0 radical (unpaired) electrons. The van der Waals surface area contributed by atoms with Crippen LogP contribution in [0.1, 0.15) is 46.8 Å². The van der Waals surface area contributed by atoms with Gasteiger partial charge in [-0.2, -0.15) is 0 Å². The van der Waals surface area contributed by atoms with Crippen LogP contribution >= 0.6 is 0 Å². The van der Waals surface area contributed by atoms with Gasteiger partial charge in [0.15, 0.2) is 5.69 Å². The molecule has 40 heavy (non-hydrogen) atoms. The lowest BCUT2D eigenvalue weighted by molar-refractivity contribution is -0.133. The summed E-state index contributed by atoms with van der Waals surface area (Å²) in [7, 11) is 1.61. The molecule has 5 rings (SSSR count). The summed E-state index contributed by atoms with van der Waals surface area (Å²) < 4.78 is 6.86. The number of anilines is 1. The predicted molar refractivity (Wildman–Crippen MR) is 151 cm³/mol. The molecule has 3 heterocycles. The van der Waals surface area contributed by atoms with Crippen molar-refractivity contribution in [3.05, 3.63) is 77.9 Å². The first-order chi connectivity index (χ1) is 19.4. The highest BCUT2D eigenvalue weighted by Crippen LogP contribution is 2.30. The summed E-state index contributed by atoms with van der Waals surface area (Å²) in [5, 5.41) is 3.00. The van der Waals surface area contributed by atoms with Gasteiger partial charge in [0.05, 0.1) is 20.0 Å². The van der Waals surface area contributed by atoms with Crippen LogP contribution in [0.3, 0.4) is 0 Å². The molecule has 2 aliphatic rings. The summed E-state index contributed by atoms with van der Waals surface area (Å²) in [5.74, 6) is -0.114. The maximum atomic E-state index is 13.9. The third kappa shape index (κ3) is 5.13. The van der Waals surface area contributed by atoms with Crippen LogP contribution in [0.15, 0.2) is 60.9 Å². The van der Waals surface area contributed by atoms with Crippen LogP contribution in [-0.4, -0.2) is 82.4 Å². The second kappa shape index (κ2) is 11.4. The van der Waals surface area contributed by atoms with Crippen molar-refractivity contribution < 1.29 is 19.1 Å². The summed E-state index contributed by atoms with van der Waals surface area (Å²) in [6.07, 6.45) is 2.19. The molecule has 2 aromatic carbocycles. The van der Waals surface area contributed by atoms with Crippen molar-refractivity contribution in [2.24, 2.45) is 0 Å². The van der Waals surface area contributed by atoms with Crippen LogP contribution in [0, 0.1) is 0 Å². The zero-order valence-corrected chi connectivity index (χ0v) is 23.3. The normalized spacial score (nSPS) is 18.9. The average Bonchev–Trinajstić information content (AvgIpc) is 3.42. The Hall–Kier alpha value is -4.34. The highest BCUT2D eigenvalue weighted by Gasteiger charge is 2.48. The highest BCUT2D eigenvalue weighted by atomic mass is 16.5. The highest BCUT2D eigenvalue weighted by molar-refractivity contribution is 6.07. The number of benzene rings is 2. The van der Waals surface area contributed by atoms with Gasteiger partial charge < -0.3 is 29.3 Å². The summed E-state index contributed by atoms with van der Waals surface area (Å²) in [6, 6.07) is 17.6. The van der Waals surface area contributed by atoms with Gasteiger partial charge in [0.1, 0.15) is 17.0 Å². The minimum Gasteiger partial charge on any atom is -0.497 e. The predicted octanol–water partition coefficient (Wildman–Crippen LogP) is 2.80. The fraction of sp³-hybridized carbons (Fsp3) is 0.400. The number of hydrogen-bond donors (Lipinski definition) is 1. The third-order valence-corrected chi connectivity index (χ3v) is 7.80. The van der Waals surface area contributed by atoms with Crippen LogP contribution in [-0.2, 0) is 17.9 Å². The van der Waals surface area contributed by atoms with Crippen molar-refractivity contribution >= 4 is 23.4 Å². The van der Waals surface area contributed by atoms with E-state index in [0.29, 0.717) is 45.7 Å². The van der Waals surface area contributed by atoms with Gasteiger partial charge in [0.2, 0.25) is 5.91 Å².